The summed E-state index contributed by atoms with van der Waals surface area (Å²) in [4.78, 5) is 0. The molecule has 2 fully saturated rings. The largest absolute Gasteiger partial charge is 0.326 e. The Kier molecular flexibility index (Phi) is 3.23. The van der Waals surface area contributed by atoms with Gasteiger partial charge in [-0.05, 0) is 24.8 Å². The SMILES string of the molecule is NC1CNCCC1C1CCCCC1. The Hall–Kier alpha value is -0.0800. The van der Waals surface area contributed by atoms with Crippen LogP contribution in [0.2, 0.25) is 0 Å². The highest BCUT2D eigenvalue weighted by molar-refractivity contribution is 4.86. The molecule has 2 rings (SSSR count). The van der Waals surface area contributed by atoms with Gasteiger partial charge in [-0.25, -0.2) is 0 Å². The van der Waals surface area contributed by atoms with Crippen LogP contribution < -0.4 is 11.1 Å². The molecule has 2 nitrogen and oxygen atoms in total. The van der Waals surface area contributed by atoms with E-state index in [1.807, 2.05) is 0 Å². The van der Waals surface area contributed by atoms with Gasteiger partial charge in [0.2, 0.25) is 0 Å². The molecular weight excluding hydrogens is 160 g/mol. The van der Waals surface area contributed by atoms with Crippen molar-refractivity contribution in [2.75, 3.05) is 13.1 Å². The first-order chi connectivity index (χ1) is 6.38. The Balaban J connectivity index is 1.88. The number of nitrogens with one attached hydrogen (secondary N) is 1. The van der Waals surface area contributed by atoms with E-state index in [4.69, 9.17) is 5.73 Å². The van der Waals surface area contributed by atoms with Crippen LogP contribution in [-0.2, 0) is 0 Å². The average molecular weight is 182 g/mol. The van der Waals surface area contributed by atoms with Gasteiger partial charge in [-0.3, -0.25) is 0 Å². The molecule has 2 heteroatoms. The fraction of sp³-hybridized carbons (Fsp3) is 1.00. The second kappa shape index (κ2) is 4.43. The first-order valence-electron chi connectivity index (χ1n) is 5.84. The molecule has 2 aliphatic rings. The first-order valence-corrected chi connectivity index (χ1v) is 5.84. The summed E-state index contributed by atoms with van der Waals surface area (Å²) >= 11 is 0. The molecular formula is C11H22N2. The number of nitrogens with two attached hydrogens (primary N) is 1. The van der Waals surface area contributed by atoms with E-state index >= 15 is 0 Å². The number of piperidine rings is 1. The predicted molar refractivity (Wildman–Crippen MR) is 55.5 cm³/mol. The molecule has 1 saturated heterocycles. The summed E-state index contributed by atoms with van der Waals surface area (Å²) in [5, 5.41) is 3.38. The van der Waals surface area contributed by atoms with Gasteiger partial charge in [-0.1, -0.05) is 32.1 Å². The van der Waals surface area contributed by atoms with Crippen molar-refractivity contribution in [2.45, 2.75) is 44.6 Å². The zero-order valence-corrected chi connectivity index (χ0v) is 8.47. The maximum atomic E-state index is 6.15. The standard InChI is InChI=1S/C11H22N2/c12-11-8-13-7-6-10(11)9-4-2-1-3-5-9/h9-11,13H,1-8,12H2. The first kappa shape index (κ1) is 9.47. The lowest BCUT2D eigenvalue weighted by Crippen LogP contribution is -2.48. The molecule has 0 spiro atoms. The Morgan fingerprint density at radius 2 is 1.77 bits per heavy atom. The highest BCUT2D eigenvalue weighted by Gasteiger charge is 2.29. The average Bonchev–Trinajstić information content (AvgIpc) is 2.20. The van der Waals surface area contributed by atoms with Gasteiger partial charge in [0.05, 0.1) is 0 Å². The molecule has 1 aliphatic carbocycles. The molecule has 0 amide bonds. The van der Waals surface area contributed by atoms with Crippen LogP contribution in [0, 0.1) is 11.8 Å². The van der Waals surface area contributed by atoms with Crippen LogP contribution in [0.5, 0.6) is 0 Å². The molecule has 76 valence electrons. The molecule has 1 saturated carbocycles. The van der Waals surface area contributed by atoms with Gasteiger partial charge >= 0.3 is 0 Å². The van der Waals surface area contributed by atoms with Crippen molar-refractivity contribution in [3.8, 4) is 0 Å². The highest BCUT2D eigenvalue weighted by atomic mass is 14.9. The fourth-order valence-corrected chi connectivity index (χ4v) is 3.05. The van der Waals surface area contributed by atoms with Crippen LogP contribution in [0.4, 0.5) is 0 Å². The summed E-state index contributed by atoms with van der Waals surface area (Å²) in [7, 11) is 0. The van der Waals surface area contributed by atoms with Crippen molar-refractivity contribution < 1.29 is 0 Å². The topological polar surface area (TPSA) is 38.0 Å². The van der Waals surface area contributed by atoms with Crippen molar-refractivity contribution in [3.63, 3.8) is 0 Å². The van der Waals surface area contributed by atoms with Gasteiger partial charge in [0.15, 0.2) is 0 Å². The highest BCUT2D eigenvalue weighted by Crippen LogP contribution is 2.33. The normalized spacial score (nSPS) is 37.6. The summed E-state index contributed by atoms with van der Waals surface area (Å²) in [6.07, 6.45) is 8.54. The van der Waals surface area contributed by atoms with Crippen molar-refractivity contribution in [1.29, 1.82) is 0 Å². The van der Waals surface area contributed by atoms with Crippen LogP contribution in [0.25, 0.3) is 0 Å². The molecule has 0 radical (unpaired) electrons. The van der Waals surface area contributed by atoms with E-state index in [0.29, 0.717) is 6.04 Å². The minimum atomic E-state index is 0.428. The van der Waals surface area contributed by atoms with Crippen LogP contribution in [-0.4, -0.2) is 19.1 Å². The van der Waals surface area contributed by atoms with Crippen LogP contribution in [0.3, 0.4) is 0 Å². The Morgan fingerprint density at radius 1 is 1.00 bits per heavy atom. The minimum Gasteiger partial charge on any atom is -0.326 e. The van der Waals surface area contributed by atoms with E-state index in [-0.39, 0.29) is 0 Å². The Morgan fingerprint density at radius 3 is 2.46 bits per heavy atom. The second-order valence-electron chi connectivity index (χ2n) is 4.72. The molecule has 2 atom stereocenters. The lowest BCUT2D eigenvalue weighted by molar-refractivity contribution is 0.180. The molecule has 0 aromatic carbocycles. The lowest BCUT2D eigenvalue weighted by Gasteiger charge is -2.37. The molecule has 0 bridgehead atoms. The molecule has 2 unspecified atom stereocenters. The second-order valence-corrected chi connectivity index (χ2v) is 4.72. The summed E-state index contributed by atoms with van der Waals surface area (Å²) in [5.41, 5.74) is 6.15. The van der Waals surface area contributed by atoms with Crippen molar-refractivity contribution in [3.05, 3.63) is 0 Å². The smallest absolute Gasteiger partial charge is 0.0197 e. The summed E-state index contributed by atoms with van der Waals surface area (Å²) in [6, 6.07) is 0.428. The predicted octanol–water partition coefficient (Wildman–Crippen LogP) is 1.50. The Labute approximate surface area is 81.3 Å². The molecule has 1 heterocycles. The zero-order chi connectivity index (χ0) is 9.10. The van der Waals surface area contributed by atoms with Gasteiger partial charge in [0, 0.05) is 12.6 Å². The van der Waals surface area contributed by atoms with E-state index < -0.39 is 0 Å². The van der Waals surface area contributed by atoms with Crippen LogP contribution in [0.1, 0.15) is 38.5 Å². The zero-order valence-electron chi connectivity index (χ0n) is 8.47. The van der Waals surface area contributed by atoms with E-state index in [1.54, 1.807) is 0 Å². The molecule has 0 aromatic rings. The molecule has 13 heavy (non-hydrogen) atoms. The number of rotatable bonds is 1. The summed E-state index contributed by atoms with van der Waals surface area (Å²) < 4.78 is 0. The maximum Gasteiger partial charge on any atom is 0.0197 e. The van der Waals surface area contributed by atoms with E-state index in [0.717, 1.165) is 18.4 Å². The van der Waals surface area contributed by atoms with Crippen LogP contribution >= 0.6 is 0 Å². The van der Waals surface area contributed by atoms with Gasteiger partial charge in [0.25, 0.3) is 0 Å². The van der Waals surface area contributed by atoms with Gasteiger partial charge in [-0.2, -0.15) is 0 Å². The maximum absolute atomic E-state index is 6.15. The van der Waals surface area contributed by atoms with Gasteiger partial charge in [0.1, 0.15) is 0 Å². The molecule has 0 aromatic heterocycles. The van der Waals surface area contributed by atoms with Crippen molar-refractivity contribution in [2.24, 2.45) is 17.6 Å². The lowest BCUT2D eigenvalue weighted by atomic mass is 9.74. The van der Waals surface area contributed by atoms with Crippen molar-refractivity contribution in [1.82, 2.24) is 5.32 Å². The Bertz CT molecular complexity index is 152. The van der Waals surface area contributed by atoms with Gasteiger partial charge in [-0.15, -0.1) is 0 Å². The summed E-state index contributed by atoms with van der Waals surface area (Å²) in [5.74, 6) is 1.77. The number of hydrogen-bond acceptors (Lipinski definition) is 2. The summed E-state index contributed by atoms with van der Waals surface area (Å²) in [6.45, 7) is 2.23. The van der Waals surface area contributed by atoms with Crippen LogP contribution in [0.15, 0.2) is 0 Å². The molecule has 1 aliphatic heterocycles. The number of hydrogen-bond donors (Lipinski definition) is 2. The quantitative estimate of drug-likeness (QED) is 0.645. The minimum absolute atomic E-state index is 0.428. The monoisotopic (exact) mass is 182 g/mol. The van der Waals surface area contributed by atoms with Gasteiger partial charge < -0.3 is 11.1 Å². The third-order valence-corrected chi connectivity index (χ3v) is 3.84. The van der Waals surface area contributed by atoms with Crippen molar-refractivity contribution >= 4 is 0 Å². The van der Waals surface area contributed by atoms with E-state index in [1.165, 1.54) is 45.1 Å². The third kappa shape index (κ3) is 2.23. The van der Waals surface area contributed by atoms with E-state index in [9.17, 15) is 0 Å². The third-order valence-electron chi connectivity index (χ3n) is 3.84. The molecule has 3 N–H and O–H groups in total. The van der Waals surface area contributed by atoms with E-state index in [2.05, 4.69) is 5.32 Å². The fourth-order valence-electron chi connectivity index (χ4n) is 3.05.